The molecule has 0 spiro atoms. The van der Waals surface area contributed by atoms with Crippen LogP contribution in [0.15, 0.2) is 66.7 Å². The topological polar surface area (TPSA) is 103 Å². The normalized spacial score (nSPS) is 10.4. The Bertz CT molecular complexity index is 1070. The summed E-state index contributed by atoms with van der Waals surface area (Å²) < 4.78 is 14.5. The number of hydrogen-bond donors (Lipinski definition) is 0. The molecule has 0 amide bonds. The van der Waals surface area contributed by atoms with Crippen molar-refractivity contribution in [1.29, 1.82) is 0 Å². The maximum atomic E-state index is 14.5. The molecule has 0 saturated heterocycles. The van der Waals surface area contributed by atoms with Crippen LogP contribution >= 0.6 is 0 Å². The third-order valence-electron chi connectivity index (χ3n) is 3.95. The van der Waals surface area contributed by atoms with Gasteiger partial charge < -0.3 is 0 Å². The molecule has 0 atom stereocenters. The molecule has 3 rings (SSSR count). The van der Waals surface area contributed by atoms with E-state index in [0.717, 1.165) is 24.3 Å². The molecule has 0 fully saturated rings. The lowest BCUT2D eigenvalue weighted by Crippen LogP contribution is -2.05. The molecular formula is C19H11FN2O5. The summed E-state index contributed by atoms with van der Waals surface area (Å²) in [4.78, 5) is 33.3. The molecule has 0 aromatic heterocycles. The minimum Gasteiger partial charge on any atom is -0.289 e. The molecule has 0 saturated carbocycles. The zero-order chi connectivity index (χ0) is 19.6. The Hall–Kier alpha value is -3.94. The van der Waals surface area contributed by atoms with Gasteiger partial charge in [0.1, 0.15) is 5.82 Å². The van der Waals surface area contributed by atoms with E-state index < -0.39 is 27.1 Å². The van der Waals surface area contributed by atoms with Gasteiger partial charge >= 0.3 is 0 Å². The van der Waals surface area contributed by atoms with Crippen LogP contribution in [-0.4, -0.2) is 15.6 Å². The van der Waals surface area contributed by atoms with Crippen molar-refractivity contribution in [3.8, 4) is 11.1 Å². The van der Waals surface area contributed by atoms with Crippen molar-refractivity contribution >= 4 is 17.2 Å². The monoisotopic (exact) mass is 366 g/mol. The van der Waals surface area contributed by atoms with Crippen molar-refractivity contribution in [2.75, 3.05) is 0 Å². The summed E-state index contributed by atoms with van der Waals surface area (Å²) in [6, 6.07) is 14.6. The van der Waals surface area contributed by atoms with Crippen LogP contribution in [0.4, 0.5) is 15.8 Å². The number of benzene rings is 3. The Kier molecular flexibility index (Phi) is 4.71. The smallest absolute Gasteiger partial charge is 0.272 e. The lowest BCUT2D eigenvalue weighted by molar-refractivity contribution is -0.385. The van der Waals surface area contributed by atoms with Crippen LogP contribution in [0.1, 0.15) is 15.9 Å². The summed E-state index contributed by atoms with van der Waals surface area (Å²) in [7, 11) is 0. The second-order valence-electron chi connectivity index (χ2n) is 5.60. The van der Waals surface area contributed by atoms with Gasteiger partial charge in [-0.1, -0.05) is 30.3 Å². The minimum absolute atomic E-state index is 0.0604. The second-order valence-corrected chi connectivity index (χ2v) is 5.60. The molecule has 3 aromatic rings. The first-order valence-corrected chi connectivity index (χ1v) is 7.71. The van der Waals surface area contributed by atoms with Crippen molar-refractivity contribution < 1.29 is 19.0 Å². The Morgan fingerprint density at radius 3 is 1.89 bits per heavy atom. The molecule has 27 heavy (non-hydrogen) atoms. The van der Waals surface area contributed by atoms with Gasteiger partial charge in [0.25, 0.3) is 11.4 Å². The third kappa shape index (κ3) is 3.54. The van der Waals surface area contributed by atoms with Crippen molar-refractivity contribution in [2.24, 2.45) is 0 Å². The fourth-order valence-electron chi connectivity index (χ4n) is 2.65. The van der Waals surface area contributed by atoms with Crippen LogP contribution in [-0.2, 0) is 0 Å². The summed E-state index contributed by atoms with van der Waals surface area (Å²) >= 11 is 0. The van der Waals surface area contributed by atoms with E-state index in [2.05, 4.69) is 0 Å². The van der Waals surface area contributed by atoms with E-state index in [1.807, 2.05) is 0 Å². The molecule has 0 unspecified atom stereocenters. The molecule has 0 N–H and O–H groups in total. The van der Waals surface area contributed by atoms with E-state index in [-0.39, 0.29) is 27.9 Å². The van der Waals surface area contributed by atoms with Gasteiger partial charge in [0.2, 0.25) is 0 Å². The summed E-state index contributed by atoms with van der Waals surface area (Å²) in [6.07, 6.45) is 0. The molecule has 3 aromatic carbocycles. The lowest BCUT2D eigenvalue weighted by atomic mass is 9.93. The van der Waals surface area contributed by atoms with Crippen molar-refractivity contribution in [3.63, 3.8) is 0 Å². The number of nitro benzene ring substituents is 2. The molecule has 0 heterocycles. The van der Waals surface area contributed by atoms with E-state index in [4.69, 9.17) is 0 Å². The maximum Gasteiger partial charge on any atom is 0.272 e. The van der Waals surface area contributed by atoms with Crippen LogP contribution in [0.5, 0.6) is 0 Å². The Labute approximate surface area is 152 Å². The number of ketones is 1. The largest absolute Gasteiger partial charge is 0.289 e. The first-order valence-electron chi connectivity index (χ1n) is 7.71. The van der Waals surface area contributed by atoms with Gasteiger partial charge in [0.05, 0.1) is 15.9 Å². The third-order valence-corrected chi connectivity index (χ3v) is 3.95. The molecule has 0 radical (unpaired) electrons. The van der Waals surface area contributed by atoms with E-state index in [1.54, 1.807) is 18.2 Å². The lowest BCUT2D eigenvalue weighted by Gasteiger charge is -2.10. The average molecular weight is 366 g/mol. The molecule has 0 aliphatic rings. The van der Waals surface area contributed by atoms with E-state index >= 15 is 0 Å². The molecular weight excluding hydrogens is 355 g/mol. The van der Waals surface area contributed by atoms with Gasteiger partial charge in [0, 0.05) is 34.9 Å². The molecule has 0 aliphatic carbocycles. The first-order chi connectivity index (χ1) is 12.9. The van der Waals surface area contributed by atoms with Crippen LogP contribution in [0.3, 0.4) is 0 Å². The van der Waals surface area contributed by atoms with E-state index in [9.17, 15) is 29.4 Å². The number of carbonyl (C=O) groups excluding carboxylic acids is 1. The second kappa shape index (κ2) is 7.12. The highest BCUT2D eigenvalue weighted by Gasteiger charge is 2.22. The van der Waals surface area contributed by atoms with Crippen molar-refractivity contribution in [3.05, 3.63) is 104 Å². The highest BCUT2D eigenvalue weighted by atomic mass is 19.1. The van der Waals surface area contributed by atoms with E-state index in [0.29, 0.717) is 0 Å². The van der Waals surface area contributed by atoms with Gasteiger partial charge in [-0.05, 0) is 17.7 Å². The summed E-state index contributed by atoms with van der Waals surface area (Å²) in [5.41, 5.74) is -0.490. The molecule has 0 bridgehead atoms. The maximum absolute atomic E-state index is 14.5. The first kappa shape index (κ1) is 17.9. The van der Waals surface area contributed by atoms with Crippen LogP contribution < -0.4 is 0 Å². The van der Waals surface area contributed by atoms with Crippen molar-refractivity contribution in [2.45, 2.75) is 0 Å². The van der Waals surface area contributed by atoms with Crippen LogP contribution in [0.2, 0.25) is 0 Å². The number of nitro groups is 2. The quantitative estimate of drug-likeness (QED) is 0.375. The standard InChI is InChI=1S/C19H11FN2O5/c20-18-11-14(22(26)27)7-9-16(18)15-8-6-13(21(24)25)10-17(15)19(23)12-4-2-1-3-5-12/h1-11H. The molecule has 7 nitrogen and oxygen atoms in total. The highest BCUT2D eigenvalue weighted by molar-refractivity contribution is 6.13. The Morgan fingerprint density at radius 1 is 0.778 bits per heavy atom. The number of hydrogen-bond acceptors (Lipinski definition) is 5. The zero-order valence-electron chi connectivity index (χ0n) is 13.7. The number of carbonyl (C=O) groups is 1. The fraction of sp³-hybridized carbons (Fsp3) is 0. The zero-order valence-corrected chi connectivity index (χ0v) is 13.7. The summed E-state index contributed by atoms with van der Waals surface area (Å²) in [6.45, 7) is 0. The highest BCUT2D eigenvalue weighted by Crippen LogP contribution is 2.32. The van der Waals surface area contributed by atoms with Gasteiger partial charge in [0.15, 0.2) is 5.78 Å². The van der Waals surface area contributed by atoms with Gasteiger partial charge in [-0.15, -0.1) is 0 Å². The Morgan fingerprint density at radius 2 is 1.33 bits per heavy atom. The fourth-order valence-corrected chi connectivity index (χ4v) is 2.65. The summed E-state index contributed by atoms with van der Waals surface area (Å²) in [5.74, 6) is -1.42. The molecule has 8 heteroatoms. The molecule has 134 valence electrons. The van der Waals surface area contributed by atoms with Gasteiger partial charge in [-0.3, -0.25) is 25.0 Å². The number of rotatable bonds is 5. The number of non-ortho nitro benzene ring substituents is 2. The predicted octanol–water partition coefficient (Wildman–Crippen LogP) is 4.54. The molecule has 0 aliphatic heterocycles. The van der Waals surface area contributed by atoms with Gasteiger partial charge in [-0.2, -0.15) is 0 Å². The van der Waals surface area contributed by atoms with Gasteiger partial charge in [-0.25, -0.2) is 4.39 Å². The number of nitrogens with zero attached hydrogens (tertiary/aromatic N) is 2. The predicted molar refractivity (Wildman–Crippen MR) is 95.0 cm³/mol. The average Bonchev–Trinajstić information content (AvgIpc) is 2.67. The van der Waals surface area contributed by atoms with E-state index in [1.165, 1.54) is 24.3 Å². The Balaban J connectivity index is 2.20. The van der Waals surface area contributed by atoms with Crippen LogP contribution in [0.25, 0.3) is 11.1 Å². The van der Waals surface area contributed by atoms with Crippen molar-refractivity contribution in [1.82, 2.24) is 0 Å². The van der Waals surface area contributed by atoms with Crippen LogP contribution in [0, 0.1) is 26.0 Å². The number of halogens is 1. The minimum atomic E-state index is -0.903. The SMILES string of the molecule is O=C(c1ccccc1)c1cc([N+](=O)[O-])ccc1-c1ccc([N+](=O)[O-])cc1F. The summed E-state index contributed by atoms with van der Waals surface area (Å²) in [5, 5.41) is 21.9.